The zero-order valence-corrected chi connectivity index (χ0v) is 12.8. The normalized spacial score (nSPS) is 10.3. The molecule has 0 radical (unpaired) electrons. The van der Waals surface area contributed by atoms with Crippen LogP contribution in [-0.4, -0.2) is 35.9 Å². The van der Waals surface area contributed by atoms with E-state index in [1.165, 1.54) is 14.2 Å². The molecule has 1 heterocycles. The summed E-state index contributed by atoms with van der Waals surface area (Å²) < 4.78 is 11.0. The highest BCUT2D eigenvalue weighted by atomic mass is 16.5. The Morgan fingerprint density at radius 3 is 2.23 bits per heavy atom. The summed E-state index contributed by atoms with van der Waals surface area (Å²) in [6.07, 6.45) is 0.141. The van der Waals surface area contributed by atoms with Crippen molar-refractivity contribution in [1.29, 1.82) is 0 Å². The number of hydrogen-bond acceptors (Lipinski definition) is 5. The van der Waals surface area contributed by atoms with Crippen molar-refractivity contribution >= 4 is 11.9 Å². The van der Waals surface area contributed by atoms with Crippen molar-refractivity contribution < 1.29 is 19.1 Å². The van der Waals surface area contributed by atoms with Crippen LogP contribution in [0.5, 0.6) is 0 Å². The lowest BCUT2D eigenvalue weighted by molar-refractivity contribution is -0.140. The number of rotatable bonds is 5. The van der Waals surface area contributed by atoms with E-state index in [-0.39, 0.29) is 24.8 Å². The zero-order valence-electron chi connectivity index (χ0n) is 12.8. The van der Waals surface area contributed by atoms with Gasteiger partial charge < -0.3 is 9.47 Å². The molecule has 0 spiro atoms. The van der Waals surface area contributed by atoms with Crippen molar-refractivity contribution in [3.8, 4) is 5.69 Å². The maximum atomic E-state index is 11.6. The van der Waals surface area contributed by atoms with E-state index >= 15 is 0 Å². The summed E-state index contributed by atoms with van der Waals surface area (Å²) in [5, 5.41) is 4.39. The van der Waals surface area contributed by atoms with Crippen LogP contribution in [0.15, 0.2) is 30.3 Å². The Balaban J connectivity index is 2.38. The summed E-state index contributed by atoms with van der Waals surface area (Å²) in [5.41, 5.74) is 3.15. The number of nitrogens with zero attached hydrogens (tertiary/aromatic N) is 2. The van der Waals surface area contributed by atoms with Gasteiger partial charge in [-0.15, -0.1) is 0 Å². The second kappa shape index (κ2) is 6.89. The van der Waals surface area contributed by atoms with Gasteiger partial charge >= 0.3 is 11.9 Å². The molecule has 0 atom stereocenters. The van der Waals surface area contributed by atoms with Crippen molar-refractivity contribution in [2.75, 3.05) is 14.2 Å². The lowest BCUT2D eigenvalue weighted by Crippen LogP contribution is -2.10. The molecule has 6 heteroatoms. The van der Waals surface area contributed by atoms with Crippen LogP contribution in [0.25, 0.3) is 5.69 Å². The Hall–Kier alpha value is -2.63. The first-order valence-corrected chi connectivity index (χ1v) is 6.82. The van der Waals surface area contributed by atoms with Gasteiger partial charge in [0.15, 0.2) is 0 Å². The van der Waals surface area contributed by atoms with Crippen LogP contribution in [0, 0.1) is 6.92 Å². The Morgan fingerprint density at radius 1 is 1.05 bits per heavy atom. The molecule has 0 amide bonds. The Kier molecular flexibility index (Phi) is 4.93. The molecule has 0 unspecified atom stereocenters. The first-order chi connectivity index (χ1) is 10.5. The number of carbonyl (C=O) groups excluding carboxylic acids is 2. The maximum Gasteiger partial charge on any atom is 0.311 e. The van der Waals surface area contributed by atoms with E-state index in [2.05, 4.69) is 9.84 Å². The molecule has 0 aliphatic carbocycles. The molecule has 0 N–H and O–H groups in total. The smallest absolute Gasteiger partial charge is 0.311 e. The first-order valence-electron chi connectivity index (χ1n) is 6.82. The summed E-state index contributed by atoms with van der Waals surface area (Å²) in [6.45, 7) is 1.99. The largest absolute Gasteiger partial charge is 0.469 e. The number of hydrogen-bond donors (Lipinski definition) is 0. The van der Waals surface area contributed by atoms with E-state index < -0.39 is 0 Å². The van der Waals surface area contributed by atoms with Gasteiger partial charge in [0.25, 0.3) is 0 Å². The summed E-state index contributed by atoms with van der Waals surface area (Å²) in [6, 6.07) is 9.45. The van der Waals surface area contributed by atoms with Gasteiger partial charge in [0.2, 0.25) is 0 Å². The standard InChI is InChI=1S/C16H18N2O4/c1-11-4-6-13(7-5-11)18-14(10-16(20)22-3)8-12(17-18)9-15(19)21-2/h4-8H,9-10H2,1-3H3. The average molecular weight is 302 g/mol. The number of ether oxygens (including phenoxy) is 2. The minimum absolute atomic E-state index is 0.0591. The average Bonchev–Trinajstić information content (AvgIpc) is 2.90. The van der Waals surface area contributed by atoms with E-state index in [9.17, 15) is 9.59 Å². The van der Waals surface area contributed by atoms with E-state index in [0.29, 0.717) is 11.4 Å². The van der Waals surface area contributed by atoms with E-state index in [1.54, 1.807) is 10.7 Å². The molecule has 0 aliphatic rings. The van der Waals surface area contributed by atoms with Gasteiger partial charge in [0, 0.05) is 0 Å². The molecule has 0 aliphatic heterocycles. The summed E-state index contributed by atoms with van der Waals surface area (Å²) in [5.74, 6) is -0.740. The lowest BCUT2D eigenvalue weighted by atomic mass is 10.2. The van der Waals surface area contributed by atoms with Gasteiger partial charge in [-0.2, -0.15) is 5.10 Å². The molecule has 0 bridgehead atoms. The van der Waals surface area contributed by atoms with Crippen molar-refractivity contribution in [1.82, 2.24) is 9.78 Å². The van der Waals surface area contributed by atoms with E-state index in [1.807, 2.05) is 31.2 Å². The van der Waals surface area contributed by atoms with Gasteiger partial charge in [0.05, 0.1) is 44.1 Å². The summed E-state index contributed by atoms with van der Waals surface area (Å²) in [4.78, 5) is 22.9. The molecule has 116 valence electrons. The number of benzene rings is 1. The van der Waals surface area contributed by atoms with E-state index in [4.69, 9.17) is 4.74 Å². The van der Waals surface area contributed by atoms with Gasteiger partial charge in [-0.05, 0) is 25.1 Å². The molecule has 1 aromatic carbocycles. The Morgan fingerprint density at radius 2 is 1.64 bits per heavy atom. The lowest BCUT2D eigenvalue weighted by Gasteiger charge is -2.07. The van der Waals surface area contributed by atoms with Crippen LogP contribution >= 0.6 is 0 Å². The van der Waals surface area contributed by atoms with Crippen LogP contribution in [0.4, 0.5) is 0 Å². The van der Waals surface area contributed by atoms with Gasteiger partial charge in [-0.1, -0.05) is 17.7 Å². The minimum Gasteiger partial charge on any atom is -0.469 e. The highest BCUT2D eigenvalue weighted by Gasteiger charge is 2.15. The molecule has 6 nitrogen and oxygen atoms in total. The van der Waals surface area contributed by atoms with E-state index in [0.717, 1.165) is 11.3 Å². The third-order valence-corrected chi connectivity index (χ3v) is 3.22. The fraction of sp³-hybridized carbons (Fsp3) is 0.312. The Labute approximate surface area is 128 Å². The van der Waals surface area contributed by atoms with Gasteiger partial charge in [-0.3, -0.25) is 9.59 Å². The Bertz CT molecular complexity index is 674. The van der Waals surface area contributed by atoms with Crippen molar-refractivity contribution in [3.05, 3.63) is 47.3 Å². The van der Waals surface area contributed by atoms with Crippen LogP contribution in [-0.2, 0) is 31.9 Å². The molecule has 0 saturated heterocycles. The molecule has 22 heavy (non-hydrogen) atoms. The van der Waals surface area contributed by atoms with Crippen LogP contribution < -0.4 is 0 Å². The fourth-order valence-electron chi connectivity index (χ4n) is 2.04. The summed E-state index contributed by atoms with van der Waals surface area (Å²) >= 11 is 0. The maximum absolute atomic E-state index is 11.6. The van der Waals surface area contributed by atoms with Crippen molar-refractivity contribution in [2.24, 2.45) is 0 Å². The van der Waals surface area contributed by atoms with Crippen LogP contribution in [0.2, 0.25) is 0 Å². The molecular weight excluding hydrogens is 284 g/mol. The predicted octanol–water partition coefficient (Wildman–Crippen LogP) is 1.61. The fourth-order valence-corrected chi connectivity index (χ4v) is 2.04. The third-order valence-electron chi connectivity index (χ3n) is 3.22. The van der Waals surface area contributed by atoms with Gasteiger partial charge in [0.1, 0.15) is 0 Å². The SMILES string of the molecule is COC(=O)Cc1cc(CC(=O)OC)n(-c2ccc(C)cc2)n1. The van der Waals surface area contributed by atoms with Crippen LogP contribution in [0.1, 0.15) is 17.0 Å². The zero-order chi connectivity index (χ0) is 16.1. The van der Waals surface area contributed by atoms with Crippen LogP contribution in [0.3, 0.4) is 0 Å². The quantitative estimate of drug-likeness (QED) is 0.785. The minimum atomic E-state index is -0.377. The second-order valence-corrected chi connectivity index (χ2v) is 4.88. The number of aryl methyl sites for hydroxylation is 1. The molecule has 0 fully saturated rings. The molecule has 2 rings (SSSR count). The van der Waals surface area contributed by atoms with Crippen molar-refractivity contribution in [2.45, 2.75) is 19.8 Å². The number of esters is 2. The predicted molar refractivity (Wildman–Crippen MR) is 79.7 cm³/mol. The molecular formula is C16H18N2O4. The molecule has 0 saturated carbocycles. The highest BCUT2D eigenvalue weighted by molar-refractivity contribution is 5.73. The second-order valence-electron chi connectivity index (χ2n) is 4.88. The van der Waals surface area contributed by atoms with Crippen molar-refractivity contribution in [3.63, 3.8) is 0 Å². The highest BCUT2D eigenvalue weighted by Crippen LogP contribution is 2.15. The van der Waals surface area contributed by atoms with Gasteiger partial charge in [-0.25, -0.2) is 4.68 Å². The monoisotopic (exact) mass is 302 g/mol. The third kappa shape index (κ3) is 3.72. The topological polar surface area (TPSA) is 70.4 Å². The number of carbonyl (C=O) groups is 2. The number of methoxy groups -OCH3 is 2. The summed E-state index contributed by atoms with van der Waals surface area (Å²) in [7, 11) is 2.67. The molecule has 1 aromatic heterocycles. The number of aromatic nitrogens is 2. The first kappa shape index (κ1) is 15.8. The molecule has 2 aromatic rings.